The first-order valence-corrected chi connectivity index (χ1v) is 6.88. The van der Waals surface area contributed by atoms with Gasteiger partial charge in [-0.15, -0.1) is 0 Å². The van der Waals surface area contributed by atoms with Gasteiger partial charge in [-0.25, -0.2) is 9.97 Å². The van der Waals surface area contributed by atoms with Crippen LogP contribution in [0.3, 0.4) is 0 Å². The molecule has 0 aromatic carbocycles. The molecule has 0 atom stereocenters. The van der Waals surface area contributed by atoms with Crippen molar-refractivity contribution in [3.05, 3.63) is 17.6 Å². The molecule has 1 rings (SSSR count). The highest BCUT2D eigenvalue weighted by Gasteiger charge is 2.08. The fourth-order valence-corrected chi connectivity index (χ4v) is 1.85. The van der Waals surface area contributed by atoms with Gasteiger partial charge >= 0.3 is 0 Å². The van der Waals surface area contributed by atoms with Crippen LogP contribution in [0.4, 0.5) is 5.82 Å². The SMILES string of the molecule is CCN(CC)CCc1nc(NC)cc(C(C)C)n1. The minimum absolute atomic E-state index is 0.437. The average molecular weight is 250 g/mol. The molecule has 0 aliphatic carbocycles. The van der Waals surface area contributed by atoms with E-state index in [9.17, 15) is 0 Å². The van der Waals surface area contributed by atoms with Crippen LogP contribution in [0.25, 0.3) is 0 Å². The number of hydrogen-bond acceptors (Lipinski definition) is 4. The highest BCUT2D eigenvalue weighted by Crippen LogP contribution is 2.15. The standard InChI is InChI=1S/C14H26N4/c1-6-18(7-2)9-8-13-16-12(11(3)4)10-14(15-5)17-13/h10-11H,6-9H2,1-5H3,(H,15,16,17). The fraction of sp³-hybridized carbons (Fsp3) is 0.714. The molecule has 1 heterocycles. The van der Waals surface area contributed by atoms with E-state index in [1.54, 1.807) is 0 Å². The molecule has 1 aromatic heterocycles. The van der Waals surface area contributed by atoms with E-state index in [0.717, 1.165) is 43.4 Å². The van der Waals surface area contributed by atoms with Gasteiger partial charge in [-0.3, -0.25) is 0 Å². The van der Waals surface area contributed by atoms with Crippen molar-refractivity contribution >= 4 is 5.82 Å². The molecule has 0 aliphatic heterocycles. The van der Waals surface area contributed by atoms with Crippen LogP contribution < -0.4 is 5.32 Å². The lowest BCUT2D eigenvalue weighted by molar-refractivity contribution is 0.305. The molecule has 0 spiro atoms. The molecule has 1 N–H and O–H groups in total. The third-order valence-corrected chi connectivity index (χ3v) is 3.19. The maximum atomic E-state index is 4.64. The Hall–Kier alpha value is -1.16. The summed E-state index contributed by atoms with van der Waals surface area (Å²) in [6.45, 7) is 11.9. The Morgan fingerprint density at radius 3 is 2.39 bits per heavy atom. The maximum Gasteiger partial charge on any atom is 0.132 e. The zero-order valence-corrected chi connectivity index (χ0v) is 12.3. The molecule has 18 heavy (non-hydrogen) atoms. The van der Waals surface area contributed by atoms with Crippen LogP contribution in [-0.4, -0.2) is 41.5 Å². The van der Waals surface area contributed by atoms with E-state index in [1.807, 2.05) is 13.1 Å². The molecule has 0 bridgehead atoms. The summed E-state index contributed by atoms with van der Waals surface area (Å²) in [4.78, 5) is 11.6. The summed E-state index contributed by atoms with van der Waals surface area (Å²) in [5.74, 6) is 2.30. The van der Waals surface area contributed by atoms with Gasteiger partial charge in [0, 0.05) is 31.8 Å². The Morgan fingerprint density at radius 1 is 1.22 bits per heavy atom. The first-order valence-electron chi connectivity index (χ1n) is 6.88. The van der Waals surface area contributed by atoms with Gasteiger partial charge in [-0.2, -0.15) is 0 Å². The highest BCUT2D eigenvalue weighted by atomic mass is 15.1. The summed E-state index contributed by atoms with van der Waals surface area (Å²) in [5.41, 5.74) is 1.11. The van der Waals surface area contributed by atoms with Crippen LogP contribution in [0.2, 0.25) is 0 Å². The van der Waals surface area contributed by atoms with Crippen molar-refractivity contribution in [1.82, 2.24) is 14.9 Å². The van der Waals surface area contributed by atoms with E-state index in [2.05, 4.69) is 47.9 Å². The van der Waals surface area contributed by atoms with Crippen molar-refractivity contribution in [2.45, 2.75) is 40.0 Å². The largest absolute Gasteiger partial charge is 0.373 e. The van der Waals surface area contributed by atoms with E-state index in [-0.39, 0.29) is 0 Å². The molecule has 4 nitrogen and oxygen atoms in total. The Balaban J connectivity index is 2.78. The number of anilines is 1. The van der Waals surface area contributed by atoms with Crippen LogP contribution in [0, 0.1) is 0 Å². The molecule has 0 amide bonds. The first-order chi connectivity index (χ1) is 8.60. The smallest absolute Gasteiger partial charge is 0.132 e. The van der Waals surface area contributed by atoms with Gasteiger partial charge < -0.3 is 10.2 Å². The van der Waals surface area contributed by atoms with E-state index in [4.69, 9.17) is 0 Å². The summed E-state index contributed by atoms with van der Waals surface area (Å²) in [6, 6.07) is 2.03. The van der Waals surface area contributed by atoms with Gasteiger partial charge in [0.15, 0.2) is 0 Å². The van der Waals surface area contributed by atoms with Gasteiger partial charge in [0.05, 0.1) is 0 Å². The third-order valence-electron chi connectivity index (χ3n) is 3.19. The number of likely N-dealkylation sites (N-methyl/N-ethyl adjacent to an activating group) is 1. The molecular formula is C14H26N4. The fourth-order valence-electron chi connectivity index (χ4n) is 1.85. The minimum atomic E-state index is 0.437. The first kappa shape index (κ1) is 14.9. The van der Waals surface area contributed by atoms with E-state index in [0.29, 0.717) is 5.92 Å². The lowest BCUT2D eigenvalue weighted by Crippen LogP contribution is -2.26. The summed E-state index contributed by atoms with van der Waals surface area (Å²) in [7, 11) is 1.90. The predicted octanol–water partition coefficient (Wildman–Crippen LogP) is 2.53. The summed E-state index contributed by atoms with van der Waals surface area (Å²) in [6.07, 6.45) is 0.914. The van der Waals surface area contributed by atoms with Crippen LogP contribution >= 0.6 is 0 Å². The Bertz CT molecular complexity index is 359. The molecular weight excluding hydrogens is 224 g/mol. The molecule has 4 heteroatoms. The Morgan fingerprint density at radius 2 is 1.89 bits per heavy atom. The second kappa shape index (κ2) is 7.31. The molecule has 0 unspecified atom stereocenters. The van der Waals surface area contributed by atoms with Crippen LogP contribution in [0.5, 0.6) is 0 Å². The number of rotatable bonds is 7. The van der Waals surface area contributed by atoms with Gasteiger partial charge in [0.25, 0.3) is 0 Å². The molecule has 0 fully saturated rings. The number of hydrogen-bond donors (Lipinski definition) is 1. The van der Waals surface area contributed by atoms with Crippen LogP contribution in [0.1, 0.15) is 45.1 Å². The van der Waals surface area contributed by atoms with Gasteiger partial charge in [0.1, 0.15) is 11.6 Å². The van der Waals surface area contributed by atoms with Crippen molar-refractivity contribution < 1.29 is 0 Å². The maximum absolute atomic E-state index is 4.64. The lowest BCUT2D eigenvalue weighted by atomic mass is 10.1. The molecule has 1 aromatic rings. The van der Waals surface area contributed by atoms with Crippen LogP contribution in [-0.2, 0) is 6.42 Å². The summed E-state index contributed by atoms with van der Waals surface area (Å²) >= 11 is 0. The summed E-state index contributed by atoms with van der Waals surface area (Å²) < 4.78 is 0. The minimum Gasteiger partial charge on any atom is -0.373 e. The van der Waals surface area contributed by atoms with Gasteiger partial charge in [-0.05, 0) is 19.0 Å². The zero-order valence-electron chi connectivity index (χ0n) is 12.3. The Labute approximate surface area is 111 Å². The van der Waals surface area contributed by atoms with Crippen molar-refractivity contribution in [2.24, 2.45) is 0 Å². The molecule has 0 radical (unpaired) electrons. The zero-order chi connectivity index (χ0) is 13.5. The van der Waals surface area contributed by atoms with Crippen molar-refractivity contribution in [1.29, 1.82) is 0 Å². The van der Waals surface area contributed by atoms with E-state index < -0.39 is 0 Å². The highest BCUT2D eigenvalue weighted by molar-refractivity contribution is 5.36. The number of nitrogens with one attached hydrogen (secondary N) is 1. The number of nitrogens with zero attached hydrogens (tertiary/aromatic N) is 3. The van der Waals surface area contributed by atoms with Crippen LogP contribution in [0.15, 0.2) is 6.07 Å². The lowest BCUT2D eigenvalue weighted by Gasteiger charge is -2.17. The van der Waals surface area contributed by atoms with Crippen molar-refractivity contribution in [2.75, 3.05) is 32.0 Å². The van der Waals surface area contributed by atoms with E-state index >= 15 is 0 Å². The third kappa shape index (κ3) is 4.26. The quantitative estimate of drug-likeness (QED) is 0.807. The number of aromatic nitrogens is 2. The molecule has 102 valence electrons. The second-order valence-corrected chi connectivity index (χ2v) is 4.78. The normalized spacial score (nSPS) is 11.3. The molecule has 0 aliphatic rings. The topological polar surface area (TPSA) is 41.1 Å². The van der Waals surface area contributed by atoms with Gasteiger partial charge in [-0.1, -0.05) is 27.7 Å². The molecule has 0 saturated carbocycles. The van der Waals surface area contributed by atoms with Crippen molar-refractivity contribution in [3.63, 3.8) is 0 Å². The monoisotopic (exact) mass is 250 g/mol. The van der Waals surface area contributed by atoms with Gasteiger partial charge in [0.2, 0.25) is 0 Å². The van der Waals surface area contributed by atoms with Crippen molar-refractivity contribution in [3.8, 4) is 0 Å². The second-order valence-electron chi connectivity index (χ2n) is 4.78. The summed E-state index contributed by atoms with van der Waals surface area (Å²) in [5, 5.41) is 3.11. The molecule has 0 saturated heterocycles. The Kier molecular flexibility index (Phi) is 6.05. The van der Waals surface area contributed by atoms with E-state index in [1.165, 1.54) is 0 Å². The average Bonchev–Trinajstić information content (AvgIpc) is 2.39. The predicted molar refractivity (Wildman–Crippen MR) is 77.2 cm³/mol.